The van der Waals surface area contributed by atoms with Gasteiger partial charge in [0.15, 0.2) is 0 Å². The van der Waals surface area contributed by atoms with Crippen LogP contribution in [0.25, 0.3) is 40.3 Å². The Morgan fingerprint density at radius 3 is 1.28 bits per heavy atom. The fourth-order valence-electron chi connectivity index (χ4n) is 4.29. The van der Waals surface area contributed by atoms with Gasteiger partial charge in [-0.05, 0) is 86.7 Å². The van der Waals surface area contributed by atoms with Crippen LogP contribution in [-0.2, 0) is 0 Å². The molecule has 0 N–H and O–H groups in total. The molecular formula is C22H20S3. The Hall–Kier alpha value is -1.42. The molecule has 0 aliphatic heterocycles. The molecule has 5 aromatic rings. The Bertz CT molecular complexity index is 1240. The van der Waals surface area contributed by atoms with E-state index in [9.17, 15) is 0 Å². The van der Waals surface area contributed by atoms with Gasteiger partial charge in [0.1, 0.15) is 0 Å². The molecular weight excluding hydrogens is 360 g/mol. The minimum atomic E-state index is 1.41. The molecule has 0 nitrogen and oxygen atoms in total. The molecule has 0 spiro atoms. The summed E-state index contributed by atoms with van der Waals surface area (Å²) in [6, 6.07) is 4.74. The molecule has 0 atom stereocenters. The quantitative estimate of drug-likeness (QED) is 0.253. The molecule has 0 bridgehead atoms. The van der Waals surface area contributed by atoms with Gasteiger partial charge < -0.3 is 0 Å². The highest BCUT2D eigenvalue weighted by Crippen LogP contribution is 2.49. The number of aryl methyl sites for hydroxylation is 6. The standard InChI is InChI=1S/C22H20S3/c1-9-7-15-11(3)21-17(13(5)19(15)23-9)18-14(6)20-16(8-10(2)24-20)12(4)22(18)25-21/h7-8H,1-6H3. The molecule has 0 amide bonds. The van der Waals surface area contributed by atoms with Gasteiger partial charge in [-0.3, -0.25) is 0 Å². The van der Waals surface area contributed by atoms with Crippen molar-refractivity contribution in [3.63, 3.8) is 0 Å². The molecule has 126 valence electrons. The normalized spacial score (nSPS) is 12.4. The molecule has 0 aliphatic carbocycles. The Morgan fingerprint density at radius 1 is 0.480 bits per heavy atom. The zero-order valence-electron chi connectivity index (χ0n) is 15.4. The number of hydrogen-bond donors (Lipinski definition) is 0. The zero-order valence-corrected chi connectivity index (χ0v) is 17.8. The smallest absolute Gasteiger partial charge is 0.0394 e. The summed E-state index contributed by atoms with van der Waals surface area (Å²) in [5.41, 5.74) is 5.85. The van der Waals surface area contributed by atoms with Crippen molar-refractivity contribution in [2.75, 3.05) is 0 Å². The first-order valence-corrected chi connectivity index (χ1v) is 11.1. The van der Waals surface area contributed by atoms with Crippen LogP contribution in [0.1, 0.15) is 32.0 Å². The van der Waals surface area contributed by atoms with Crippen LogP contribution in [0.2, 0.25) is 0 Å². The van der Waals surface area contributed by atoms with E-state index in [1.807, 2.05) is 34.0 Å². The second-order valence-electron chi connectivity index (χ2n) is 7.21. The third-order valence-electron chi connectivity index (χ3n) is 5.54. The van der Waals surface area contributed by atoms with Crippen molar-refractivity contribution < 1.29 is 0 Å². The Kier molecular flexibility index (Phi) is 3.20. The maximum atomic E-state index is 2.37. The van der Waals surface area contributed by atoms with Crippen LogP contribution in [0.4, 0.5) is 0 Å². The Balaban J connectivity index is 2.14. The predicted octanol–water partition coefficient (Wildman–Crippen LogP) is 8.33. The number of hydrogen-bond acceptors (Lipinski definition) is 3. The summed E-state index contributed by atoms with van der Waals surface area (Å²) in [6.07, 6.45) is 0. The fraction of sp³-hybridized carbons (Fsp3) is 0.273. The first kappa shape index (κ1) is 15.8. The van der Waals surface area contributed by atoms with E-state index in [0.29, 0.717) is 0 Å². The highest BCUT2D eigenvalue weighted by atomic mass is 32.1. The minimum absolute atomic E-state index is 1.41. The second-order valence-corrected chi connectivity index (χ2v) is 10.7. The summed E-state index contributed by atoms with van der Waals surface area (Å²) < 4.78 is 5.92. The van der Waals surface area contributed by atoms with Crippen molar-refractivity contribution in [3.05, 3.63) is 44.1 Å². The lowest BCUT2D eigenvalue weighted by Crippen LogP contribution is -1.84. The second kappa shape index (κ2) is 5.06. The number of fused-ring (bicyclic) bond motifs is 5. The van der Waals surface area contributed by atoms with Crippen LogP contribution >= 0.6 is 34.0 Å². The SMILES string of the molecule is Cc1cc2c(C)c3sc4c(C)c5cc(C)sc5c(C)c4c3c(C)c2s1. The van der Waals surface area contributed by atoms with Gasteiger partial charge in [-0.1, -0.05) is 0 Å². The van der Waals surface area contributed by atoms with E-state index in [0.717, 1.165) is 0 Å². The average Bonchev–Trinajstić information content (AvgIpc) is 3.25. The van der Waals surface area contributed by atoms with Crippen LogP contribution in [0.3, 0.4) is 0 Å². The van der Waals surface area contributed by atoms with E-state index >= 15 is 0 Å². The maximum absolute atomic E-state index is 2.37. The zero-order chi connectivity index (χ0) is 17.6. The van der Waals surface area contributed by atoms with E-state index in [1.165, 1.54) is 72.4 Å². The molecule has 0 saturated heterocycles. The highest BCUT2D eigenvalue weighted by Gasteiger charge is 2.20. The number of rotatable bonds is 0. The van der Waals surface area contributed by atoms with Crippen LogP contribution < -0.4 is 0 Å². The van der Waals surface area contributed by atoms with Gasteiger partial charge in [0.25, 0.3) is 0 Å². The van der Waals surface area contributed by atoms with Gasteiger partial charge in [-0.2, -0.15) is 0 Å². The van der Waals surface area contributed by atoms with Crippen molar-refractivity contribution in [2.24, 2.45) is 0 Å². The van der Waals surface area contributed by atoms with Crippen molar-refractivity contribution in [2.45, 2.75) is 41.5 Å². The van der Waals surface area contributed by atoms with Crippen LogP contribution in [0.5, 0.6) is 0 Å². The molecule has 3 heterocycles. The lowest BCUT2D eigenvalue weighted by molar-refractivity contribution is 1.56. The van der Waals surface area contributed by atoms with Gasteiger partial charge in [0.05, 0.1) is 0 Å². The molecule has 25 heavy (non-hydrogen) atoms. The molecule has 5 rings (SSSR count). The van der Waals surface area contributed by atoms with Gasteiger partial charge >= 0.3 is 0 Å². The molecule has 3 heteroatoms. The lowest BCUT2D eigenvalue weighted by atomic mass is 9.97. The Morgan fingerprint density at radius 2 is 0.880 bits per heavy atom. The van der Waals surface area contributed by atoms with E-state index in [4.69, 9.17) is 0 Å². The van der Waals surface area contributed by atoms with Crippen LogP contribution in [0.15, 0.2) is 12.1 Å². The van der Waals surface area contributed by atoms with E-state index in [2.05, 4.69) is 53.7 Å². The van der Waals surface area contributed by atoms with E-state index in [1.54, 1.807) is 0 Å². The summed E-state index contributed by atoms with van der Waals surface area (Å²) in [7, 11) is 0. The third kappa shape index (κ3) is 1.92. The molecule has 0 fully saturated rings. The minimum Gasteiger partial charge on any atom is -0.140 e. The maximum Gasteiger partial charge on any atom is 0.0394 e. The fourth-order valence-corrected chi connectivity index (χ4v) is 7.89. The third-order valence-corrected chi connectivity index (χ3v) is 9.31. The van der Waals surface area contributed by atoms with Gasteiger partial charge in [0.2, 0.25) is 0 Å². The van der Waals surface area contributed by atoms with Gasteiger partial charge in [-0.25, -0.2) is 0 Å². The first-order valence-electron chi connectivity index (χ1n) is 8.63. The average molecular weight is 381 g/mol. The molecule has 0 saturated carbocycles. The van der Waals surface area contributed by atoms with Crippen LogP contribution in [-0.4, -0.2) is 0 Å². The van der Waals surface area contributed by atoms with Crippen molar-refractivity contribution in [1.82, 2.24) is 0 Å². The summed E-state index contributed by atoms with van der Waals surface area (Å²) in [4.78, 5) is 2.82. The number of thiophene rings is 3. The van der Waals surface area contributed by atoms with Crippen LogP contribution in [0, 0.1) is 41.5 Å². The molecule has 0 aliphatic rings. The van der Waals surface area contributed by atoms with Crippen molar-refractivity contribution in [1.29, 1.82) is 0 Å². The monoisotopic (exact) mass is 380 g/mol. The van der Waals surface area contributed by atoms with Crippen molar-refractivity contribution in [3.8, 4) is 0 Å². The van der Waals surface area contributed by atoms with Gasteiger partial charge in [0, 0.05) is 39.3 Å². The van der Waals surface area contributed by atoms with E-state index < -0.39 is 0 Å². The summed E-state index contributed by atoms with van der Waals surface area (Å²) in [5.74, 6) is 0. The molecule has 0 radical (unpaired) electrons. The summed E-state index contributed by atoms with van der Waals surface area (Å²) >= 11 is 5.89. The van der Waals surface area contributed by atoms with Crippen molar-refractivity contribution >= 4 is 74.4 Å². The predicted molar refractivity (Wildman–Crippen MR) is 119 cm³/mol. The Labute approximate surface area is 159 Å². The summed E-state index contributed by atoms with van der Waals surface area (Å²) in [6.45, 7) is 13.7. The molecule has 2 aromatic carbocycles. The topological polar surface area (TPSA) is 0 Å². The summed E-state index contributed by atoms with van der Waals surface area (Å²) in [5, 5.41) is 5.90. The molecule has 0 unspecified atom stereocenters. The number of benzene rings is 2. The largest absolute Gasteiger partial charge is 0.140 e. The van der Waals surface area contributed by atoms with E-state index in [-0.39, 0.29) is 0 Å². The first-order chi connectivity index (χ1) is 11.9. The lowest BCUT2D eigenvalue weighted by Gasteiger charge is -2.07. The molecule has 3 aromatic heterocycles. The highest BCUT2D eigenvalue weighted by molar-refractivity contribution is 7.27. The van der Waals surface area contributed by atoms with Gasteiger partial charge in [-0.15, -0.1) is 34.0 Å².